The Labute approximate surface area is 198 Å². The molecule has 0 saturated carbocycles. The van der Waals surface area contributed by atoms with Crippen molar-refractivity contribution in [1.29, 1.82) is 0 Å². The Morgan fingerprint density at radius 1 is 1.18 bits per heavy atom. The Kier molecular flexibility index (Phi) is 9.28. The van der Waals surface area contributed by atoms with E-state index in [1.807, 2.05) is 12.1 Å². The van der Waals surface area contributed by atoms with Gasteiger partial charge in [0, 0.05) is 30.6 Å². The molecular formula is C26H28FN3O4. The minimum atomic E-state index is -0.592. The molecular weight excluding hydrogens is 437 g/mol. The van der Waals surface area contributed by atoms with E-state index in [4.69, 9.17) is 14.9 Å². The average Bonchev–Trinajstić information content (AvgIpc) is 3.32. The number of rotatable bonds is 12. The number of unbranched alkanes of at least 4 members (excludes halogenated alkanes) is 1. The highest BCUT2D eigenvalue weighted by molar-refractivity contribution is 5.89. The number of ether oxygens (including phenoxy) is 2. The van der Waals surface area contributed by atoms with Crippen molar-refractivity contribution in [2.24, 2.45) is 5.73 Å². The molecule has 34 heavy (non-hydrogen) atoms. The quantitative estimate of drug-likeness (QED) is 0.296. The standard InChI is InChI=1S/C26H28FN3O4/c1-32-26(31)21-8-7-20(24(27)16-21)9-12-25-30-22(18-34-25)17-33-23-10-5-19(6-11-23)4-2-3-14-29-15-13-28/h5-13,15-16,18,29H,2-4,14,17,28H2,1H3/b12-9+,15-13-. The van der Waals surface area contributed by atoms with Crippen molar-refractivity contribution in [3.8, 4) is 5.75 Å². The van der Waals surface area contributed by atoms with Crippen molar-refractivity contribution in [2.75, 3.05) is 13.7 Å². The molecule has 8 heteroatoms. The third-order valence-electron chi connectivity index (χ3n) is 4.96. The second-order valence-electron chi connectivity index (χ2n) is 7.44. The molecule has 0 aliphatic heterocycles. The van der Waals surface area contributed by atoms with Gasteiger partial charge in [-0.05, 0) is 55.2 Å². The maximum atomic E-state index is 14.2. The van der Waals surface area contributed by atoms with E-state index in [1.54, 1.807) is 12.3 Å². The van der Waals surface area contributed by atoms with Crippen LogP contribution < -0.4 is 15.8 Å². The highest BCUT2D eigenvalue weighted by Crippen LogP contribution is 2.17. The molecule has 3 aromatic rings. The van der Waals surface area contributed by atoms with Crippen molar-refractivity contribution >= 4 is 18.1 Å². The van der Waals surface area contributed by atoms with Crippen LogP contribution in [0.5, 0.6) is 5.75 Å². The van der Waals surface area contributed by atoms with Crippen LogP contribution >= 0.6 is 0 Å². The van der Waals surface area contributed by atoms with E-state index < -0.39 is 11.8 Å². The molecule has 3 N–H and O–H groups in total. The van der Waals surface area contributed by atoms with Gasteiger partial charge in [-0.15, -0.1) is 0 Å². The molecule has 0 unspecified atom stereocenters. The SMILES string of the molecule is COC(=O)c1ccc(/C=C/c2nc(COc3ccc(CCCCN/C=C\N)cc3)co2)c(F)c1. The number of hydrogen-bond donors (Lipinski definition) is 2. The molecule has 0 radical (unpaired) electrons. The normalized spacial score (nSPS) is 11.2. The van der Waals surface area contributed by atoms with E-state index in [9.17, 15) is 9.18 Å². The Balaban J connectivity index is 1.46. The summed E-state index contributed by atoms with van der Waals surface area (Å²) in [5.41, 5.74) is 7.59. The van der Waals surface area contributed by atoms with Crippen molar-refractivity contribution in [2.45, 2.75) is 25.9 Å². The zero-order chi connectivity index (χ0) is 24.2. The van der Waals surface area contributed by atoms with Gasteiger partial charge in [0.25, 0.3) is 0 Å². The van der Waals surface area contributed by atoms with E-state index >= 15 is 0 Å². The molecule has 2 aromatic carbocycles. The molecule has 0 fully saturated rings. The smallest absolute Gasteiger partial charge is 0.337 e. The number of oxazole rings is 1. The third kappa shape index (κ3) is 7.51. The van der Waals surface area contributed by atoms with Crippen molar-refractivity contribution in [1.82, 2.24) is 10.3 Å². The number of aromatic nitrogens is 1. The lowest BCUT2D eigenvalue weighted by atomic mass is 10.1. The molecule has 0 aliphatic rings. The maximum Gasteiger partial charge on any atom is 0.337 e. The van der Waals surface area contributed by atoms with Crippen LogP contribution in [0, 0.1) is 5.82 Å². The Morgan fingerprint density at radius 2 is 2.00 bits per heavy atom. The summed E-state index contributed by atoms with van der Waals surface area (Å²) in [6, 6.07) is 12.1. The molecule has 1 heterocycles. The van der Waals surface area contributed by atoms with Crippen LogP contribution in [-0.2, 0) is 17.8 Å². The number of halogens is 1. The first-order valence-corrected chi connectivity index (χ1v) is 10.9. The minimum Gasteiger partial charge on any atom is -0.487 e. The van der Waals surface area contributed by atoms with Gasteiger partial charge in [0.05, 0.1) is 12.7 Å². The number of methoxy groups -OCH3 is 1. The van der Waals surface area contributed by atoms with Gasteiger partial charge in [0.15, 0.2) is 0 Å². The van der Waals surface area contributed by atoms with Gasteiger partial charge in [-0.3, -0.25) is 0 Å². The highest BCUT2D eigenvalue weighted by atomic mass is 19.1. The molecule has 1 aromatic heterocycles. The topological polar surface area (TPSA) is 99.6 Å². The van der Waals surface area contributed by atoms with Crippen LogP contribution in [0.1, 0.15) is 45.9 Å². The lowest BCUT2D eigenvalue weighted by molar-refractivity contribution is 0.0600. The fraction of sp³-hybridized carbons (Fsp3) is 0.231. The number of benzene rings is 2. The summed E-state index contributed by atoms with van der Waals surface area (Å²) in [4.78, 5) is 15.8. The molecule has 0 amide bonds. The lowest BCUT2D eigenvalue weighted by Gasteiger charge is -2.06. The molecule has 7 nitrogen and oxygen atoms in total. The molecule has 0 aliphatic carbocycles. The molecule has 0 bridgehead atoms. The summed E-state index contributed by atoms with van der Waals surface area (Å²) >= 11 is 0. The molecule has 0 atom stereocenters. The van der Waals surface area contributed by atoms with Gasteiger partial charge >= 0.3 is 5.97 Å². The van der Waals surface area contributed by atoms with E-state index in [2.05, 4.69) is 27.2 Å². The van der Waals surface area contributed by atoms with Crippen LogP contribution in [0.25, 0.3) is 12.2 Å². The number of nitrogens with one attached hydrogen (secondary N) is 1. The number of carbonyl (C=O) groups is 1. The fourth-order valence-corrected chi connectivity index (χ4v) is 3.15. The van der Waals surface area contributed by atoms with Crippen LogP contribution in [0.2, 0.25) is 0 Å². The van der Waals surface area contributed by atoms with Crippen molar-refractivity contribution < 1.29 is 23.1 Å². The van der Waals surface area contributed by atoms with Gasteiger partial charge in [-0.2, -0.15) is 0 Å². The van der Waals surface area contributed by atoms with Gasteiger partial charge in [-0.25, -0.2) is 14.2 Å². The summed E-state index contributed by atoms with van der Waals surface area (Å²) in [6.45, 7) is 1.15. The van der Waals surface area contributed by atoms with E-state index in [1.165, 1.54) is 43.3 Å². The molecule has 0 spiro atoms. The van der Waals surface area contributed by atoms with Crippen LogP contribution in [0.4, 0.5) is 4.39 Å². The number of nitrogens with two attached hydrogens (primary N) is 1. The number of aryl methyl sites for hydroxylation is 1. The summed E-state index contributed by atoms with van der Waals surface area (Å²) in [5.74, 6) is -0.0720. The van der Waals surface area contributed by atoms with Crippen molar-refractivity contribution in [3.05, 3.63) is 95.2 Å². The van der Waals surface area contributed by atoms with Crippen molar-refractivity contribution in [3.63, 3.8) is 0 Å². The minimum absolute atomic E-state index is 0.147. The van der Waals surface area contributed by atoms with E-state index in [0.717, 1.165) is 37.6 Å². The van der Waals surface area contributed by atoms with Gasteiger partial charge in [-0.1, -0.05) is 18.2 Å². The summed E-state index contributed by atoms with van der Waals surface area (Å²) in [5, 5.41) is 3.12. The molecule has 0 saturated heterocycles. The van der Waals surface area contributed by atoms with Gasteiger partial charge in [0.1, 0.15) is 30.1 Å². The number of nitrogens with zero attached hydrogens (tertiary/aromatic N) is 1. The number of esters is 1. The largest absolute Gasteiger partial charge is 0.487 e. The second kappa shape index (κ2) is 12.8. The average molecular weight is 466 g/mol. The number of hydrogen-bond acceptors (Lipinski definition) is 7. The Morgan fingerprint density at radius 3 is 2.74 bits per heavy atom. The van der Waals surface area contributed by atoms with E-state index in [-0.39, 0.29) is 12.2 Å². The first kappa shape index (κ1) is 24.6. The Bertz CT molecular complexity index is 1120. The van der Waals surface area contributed by atoms with Crippen LogP contribution in [0.15, 0.2) is 65.5 Å². The Hall–Kier alpha value is -4.07. The molecule has 3 rings (SSSR count). The van der Waals surface area contributed by atoms with Gasteiger partial charge < -0.3 is 24.9 Å². The predicted octanol–water partition coefficient (Wildman–Crippen LogP) is 4.69. The van der Waals surface area contributed by atoms with Gasteiger partial charge in [0.2, 0.25) is 5.89 Å². The predicted molar refractivity (Wildman–Crippen MR) is 128 cm³/mol. The zero-order valence-electron chi connectivity index (χ0n) is 19.0. The van der Waals surface area contributed by atoms with Crippen LogP contribution in [0.3, 0.4) is 0 Å². The zero-order valence-corrected chi connectivity index (χ0v) is 19.0. The summed E-state index contributed by atoms with van der Waals surface area (Å²) < 4.78 is 30.0. The molecule has 178 valence electrons. The highest BCUT2D eigenvalue weighted by Gasteiger charge is 2.09. The first-order valence-electron chi connectivity index (χ1n) is 10.9. The third-order valence-corrected chi connectivity index (χ3v) is 4.96. The second-order valence-corrected chi connectivity index (χ2v) is 7.44. The lowest BCUT2D eigenvalue weighted by Crippen LogP contribution is -2.07. The summed E-state index contributed by atoms with van der Waals surface area (Å²) in [7, 11) is 1.25. The van der Waals surface area contributed by atoms with E-state index in [0.29, 0.717) is 17.1 Å². The summed E-state index contributed by atoms with van der Waals surface area (Å²) in [6.07, 6.45) is 11.0. The number of carbonyl (C=O) groups excluding carboxylic acids is 1. The monoisotopic (exact) mass is 465 g/mol. The maximum absolute atomic E-state index is 14.2. The van der Waals surface area contributed by atoms with Crippen LogP contribution in [-0.4, -0.2) is 24.6 Å². The first-order chi connectivity index (χ1) is 16.6. The fourth-order valence-electron chi connectivity index (χ4n) is 3.15.